The molecule has 0 aromatic heterocycles. The molecule has 29 heavy (non-hydrogen) atoms. The minimum Gasteiger partial charge on any atom is -0.327 e. The number of nitrogens with zero attached hydrogens (tertiary/aromatic N) is 2. The predicted octanol–water partition coefficient (Wildman–Crippen LogP) is 1.54. The number of halogens is 1. The second-order valence-corrected chi connectivity index (χ2v) is 7.36. The fraction of sp³-hybridized carbons (Fsp3) is 0.300. The molecule has 0 saturated carbocycles. The van der Waals surface area contributed by atoms with Gasteiger partial charge in [-0.15, -0.1) is 0 Å². The van der Waals surface area contributed by atoms with Crippen LogP contribution < -0.4 is 10.2 Å². The van der Waals surface area contributed by atoms with Gasteiger partial charge in [-0.25, -0.2) is 0 Å². The van der Waals surface area contributed by atoms with E-state index in [0.29, 0.717) is 48.0 Å². The molecule has 1 aliphatic rings. The van der Waals surface area contributed by atoms with Crippen LogP contribution in [0, 0.1) is 17.0 Å². The summed E-state index contributed by atoms with van der Waals surface area (Å²) in [5.74, 6) is -0.354. The molecule has 2 amide bonds. The van der Waals surface area contributed by atoms with E-state index in [1.807, 2.05) is 0 Å². The molecule has 0 aliphatic carbocycles. The van der Waals surface area contributed by atoms with E-state index in [1.54, 1.807) is 42.2 Å². The fourth-order valence-corrected chi connectivity index (χ4v) is 3.59. The van der Waals surface area contributed by atoms with Gasteiger partial charge in [0.1, 0.15) is 0 Å². The molecule has 1 aliphatic heterocycles. The lowest BCUT2D eigenvalue weighted by molar-refractivity contribution is -0.895. The van der Waals surface area contributed by atoms with E-state index in [9.17, 15) is 19.7 Å². The zero-order chi connectivity index (χ0) is 21.0. The molecule has 152 valence electrons. The zero-order valence-electron chi connectivity index (χ0n) is 16.0. The monoisotopic (exact) mass is 417 g/mol. The number of amides is 2. The van der Waals surface area contributed by atoms with Crippen LogP contribution in [0.4, 0.5) is 11.4 Å². The van der Waals surface area contributed by atoms with Gasteiger partial charge in [-0.1, -0.05) is 29.8 Å². The summed E-state index contributed by atoms with van der Waals surface area (Å²) in [6, 6.07) is 11.6. The molecule has 2 N–H and O–H groups in total. The van der Waals surface area contributed by atoms with Crippen LogP contribution in [0.15, 0.2) is 42.5 Å². The molecule has 1 heterocycles. The molecule has 9 heteroatoms. The van der Waals surface area contributed by atoms with Gasteiger partial charge in [0.05, 0.1) is 41.8 Å². The third kappa shape index (κ3) is 4.90. The Kier molecular flexibility index (Phi) is 6.46. The second-order valence-electron chi connectivity index (χ2n) is 6.95. The minimum absolute atomic E-state index is 0.0589. The number of nitrogens with one attached hydrogen (secondary N) is 2. The van der Waals surface area contributed by atoms with E-state index in [4.69, 9.17) is 11.6 Å². The first kappa shape index (κ1) is 20.8. The first-order valence-electron chi connectivity index (χ1n) is 9.28. The van der Waals surface area contributed by atoms with E-state index < -0.39 is 4.92 Å². The van der Waals surface area contributed by atoms with Crippen LogP contribution in [0.25, 0.3) is 0 Å². The number of benzene rings is 2. The van der Waals surface area contributed by atoms with Gasteiger partial charge in [-0.3, -0.25) is 19.7 Å². The van der Waals surface area contributed by atoms with Gasteiger partial charge in [0, 0.05) is 17.2 Å². The number of carbonyl (C=O) groups is 2. The molecule has 1 saturated heterocycles. The molecular weight excluding hydrogens is 396 g/mol. The van der Waals surface area contributed by atoms with Crippen LogP contribution in [0.5, 0.6) is 0 Å². The lowest BCUT2D eigenvalue weighted by Crippen LogP contribution is -3.15. The number of piperazine rings is 1. The third-order valence-electron chi connectivity index (χ3n) is 5.05. The number of nitro groups is 1. The Hall–Kier alpha value is -2.97. The van der Waals surface area contributed by atoms with Crippen molar-refractivity contribution < 1.29 is 19.4 Å². The summed E-state index contributed by atoms with van der Waals surface area (Å²) in [5.41, 5.74) is 1.24. The standard InChI is InChI=1S/C20H21ClN4O4/c1-14-15(5-4-8-18(14)25(28)29)20(27)24-11-9-23(10-12-24)13-19(26)22-17-7-3-2-6-16(17)21/h2-8H,9-13H2,1H3,(H,22,26)/p+1. The minimum atomic E-state index is -0.480. The number of hydrogen-bond donors (Lipinski definition) is 2. The normalized spacial score (nSPS) is 14.5. The average Bonchev–Trinajstić information content (AvgIpc) is 2.70. The Bertz CT molecular complexity index is 942. The summed E-state index contributed by atoms with van der Waals surface area (Å²) < 4.78 is 0. The van der Waals surface area contributed by atoms with Crippen molar-refractivity contribution in [2.75, 3.05) is 38.0 Å². The van der Waals surface area contributed by atoms with E-state index in [1.165, 1.54) is 12.1 Å². The van der Waals surface area contributed by atoms with Crippen molar-refractivity contribution in [3.63, 3.8) is 0 Å². The highest BCUT2D eigenvalue weighted by molar-refractivity contribution is 6.33. The van der Waals surface area contributed by atoms with Crippen molar-refractivity contribution in [2.24, 2.45) is 0 Å². The van der Waals surface area contributed by atoms with E-state index in [2.05, 4.69) is 5.32 Å². The number of anilines is 1. The van der Waals surface area contributed by atoms with Gasteiger partial charge in [0.15, 0.2) is 6.54 Å². The van der Waals surface area contributed by atoms with Crippen molar-refractivity contribution in [3.8, 4) is 0 Å². The quantitative estimate of drug-likeness (QED) is 0.569. The molecule has 2 aromatic rings. The maximum absolute atomic E-state index is 12.8. The van der Waals surface area contributed by atoms with Crippen molar-refractivity contribution in [3.05, 3.63) is 68.7 Å². The number of nitro benzene ring substituents is 1. The lowest BCUT2D eigenvalue weighted by Gasteiger charge is -2.32. The van der Waals surface area contributed by atoms with Crippen molar-refractivity contribution in [1.82, 2.24) is 4.90 Å². The first-order chi connectivity index (χ1) is 13.9. The molecule has 0 unspecified atom stereocenters. The van der Waals surface area contributed by atoms with E-state index in [-0.39, 0.29) is 24.0 Å². The molecule has 3 rings (SSSR count). The van der Waals surface area contributed by atoms with Crippen molar-refractivity contribution >= 4 is 34.8 Å². The highest BCUT2D eigenvalue weighted by Gasteiger charge is 2.28. The summed E-state index contributed by atoms with van der Waals surface area (Å²) >= 11 is 6.06. The van der Waals surface area contributed by atoms with Gasteiger partial charge in [-0.2, -0.15) is 0 Å². The lowest BCUT2D eigenvalue weighted by atomic mass is 10.1. The highest BCUT2D eigenvalue weighted by Crippen LogP contribution is 2.22. The van der Waals surface area contributed by atoms with Gasteiger partial charge in [0.2, 0.25) is 0 Å². The van der Waals surface area contributed by atoms with E-state index in [0.717, 1.165) is 4.90 Å². The van der Waals surface area contributed by atoms with Crippen LogP contribution in [0.3, 0.4) is 0 Å². The van der Waals surface area contributed by atoms with Gasteiger partial charge in [-0.05, 0) is 25.1 Å². The van der Waals surface area contributed by atoms with Crippen LogP contribution in [0.1, 0.15) is 15.9 Å². The molecule has 0 atom stereocenters. The van der Waals surface area contributed by atoms with Crippen LogP contribution in [-0.4, -0.2) is 54.4 Å². The molecule has 0 spiro atoms. The maximum atomic E-state index is 12.8. The molecule has 1 fully saturated rings. The number of quaternary nitrogens is 1. The van der Waals surface area contributed by atoms with Crippen LogP contribution >= 0.6 is 11.6 Å². The Balaban J connectivity index is 1.56. The predicted molar refractivity (Wildman–Crippen MR) is 109 cm³/mol. The molecule has 0 bridgehead atoms. The smallest absolute Gasteiger partial charge is 0.279 e. The Morgan fingerprint density at radius 1 is 1.17 bits per heavy atom. The SMILES string of the molecule is Cc1c(C(=O)N2CC[NH+](CC(=O)Nc3ccccc3Cl)CC2)cccc1[N+](=O)[O-]. The summed E-state index contributed by atoms with van der Waals surface area (Å²) in [6.07, 6.45) is 0. The fourth-order valence-electron chi connectivity index (χ4n) is 3.41. The zero-order valence-corrected chi connectivity index (χ0v) is 16.7. The summed E-state index contributed by atoms with van der Waals surface area (Å²) in [7, 11) is 0. The second kappa shape index (κ2) is 9.02. The number of carbonyl (C=O) groups excluding carboxylic acids is 2. The van der Waals surface area contributed by atoms with Crippen LogP contribution in [0.2, 0.25) is 5.02 Å². The molecule has 2 aromatic carbocycles. The van der Waals surface area contributed by atoms with Crippen LogP contribution in [-0.2, 0) is 4.79 Å². The number of hydrogen-bond acceptors (Lipinski definition) is 4. The van der Waals surface area contributed by atoms with Gasteiger partial charge >= 0.3 is 0 Å². The van der Waals surface area contributed by atoms with Crippen molar-refractivity contribution in [2.45, 2.75) is 6.92 Å². The number of rotatable bonds is 5. The summed E-state index contributed by atoms with van der Waals surface area (Å²) in [5, 5.41) is 14.4. The summed E-state index contributed by atoms with van der Waals surface area (Å²) in [6.45, 7) is 4.08. The molecular formula is C20H22ClN4O4+. The van der Waals surface area contributed by atoms with Crippen molar-refractivity contribution in [1.29, 1.82) is 0 Å². The third-order valence-corrected chi connectivity index (χ3v) is 5.38. The molecule has 0 radical (unpaired) electrons. The Labute approximate surface area is 173 Å². The first-order valence-corrected chi connectivity index (χ1v) is 9.66. The largest absolute Gasteiger partial charge is 0.327 e. The number of para-hydroxylation sites is 1. The average molecular weight is 418 g/mol. The highest BCUT2D eigenvalue weighted by atomic mass is 35.5. The Morgan fingerprint density at radius 3 is 2.52 bits per heavy atom. The van der Waals surface area contributed by atoms with Gasteiger partial charge < -0.3 is 15.1 Å². The van der Waals surface area contributed by atoms with Gasteiger partial charge in [0.25, 0.3) is 17.5 Å². The molecule has 8 nitrogen and oxygen atoms in total. The Morgan fingerprint density at radius 2 is 1.86 bits per heavy atom. The summed E-state index contributed by atoms with van der Waals surface area (Å²) in [4.78, 5) is 38.5. The maximum Gasteiger partial charge on any atom is 0.279 e. The van der Waals surface area contributed by atoms with E-state index >= 15 is 0 Å². The topological polar surface area (TPSA) is 97.0 Å².